The molecule has 8 aromatic rings. The zero-order chi connectivity index (χ0) is 58.5. The van der Waals surface area contributed by atoms with Gasteiger partial charge in [0.15, 0.2) is 0 Å². The number of fused-ring (bicyclic) bond motifs is 16. The van der Waals surface area contributed by atoms with Crippen molar-refractivity contribution >= 4 is 57.2 Å². The summed E-state index contributed by atoms with van der Waals surface area (Å²) < 4.78 is 0. The molecule has 8 aromatic carbocycles. The Hall–Kier alpha value is -6.58. The topological polar surface area (TPSA) is 6.48 Å². The van der Waals surface area contributed by atoms with E-state index in [4.69, 9.17) is 0 Å². The molecule has 1 saturated carbocycles. The van der Waals surface area contributed by atoms with Gasteiger partial charge < -0.3 is 9.80 Å². The maximum atomic E-state index is 2.82. The van der Waals surface area contributed by atoms with Gasteiger partial charge in [-0.25, -0.2) is 0 Å². The summed E-state index contributed by atoms with van der Waals surface area (Å²) in [6.07, 6.45) is 9.81. The number of benzene rings is 8. The lowest BCUT2D eigenvalue weighted by molar-refractivity contribution is 0.0763. The minimum absolute atomic E-state index is 0.00106. The maximum absolute atomic E-state index is 2.82. The predicted molar refractivity (Wildman–Crippen MR) is 357 cm³/mol. The lowest BCUT2D eigenvalue weighted by Gasteiger charge is -2.52. The lowest BCUT2D eigenvalue weighted by atomic mass is 9.32. The van der Waals surface area contributed by atoms with Crippen molar-refractivity contribution in [2.75, 3.05) is 9.80 Å². The van der Waals surface area contributed by atoms with Gasteiger partial charge in [0.05, 0.1) is 5.69 Å². The van der Waals surface area contributed by atoms with Crippen LogP contribution in [0.25, 0.3) is 11.1 Å². The largest absolute Gasteiger partial charge is 0.311 e. The molecule has 0 radical (unpaired) electrons. The molecule has 16 rings (SSSR count). The Kier molecular flexibility index (Phi) is 10.5. The quantitative estimate of drug-likeness (QED) is 0.162. The molecule has 0 spiro atoms. The standard InChI is InChI=1S/C81H87BN2/c1-47-40-59-60(76(8,9)39-38-75(59,6)7)45-66(47)83-68-46-62-61(77(10,11)56-27-19-20-28-57(56)78(62,12)13)44-64(68)82-63-35-31-49(30-34-54-53-33-32-50(74(3,4)5)43-58(53)80(15)37-22-21-36-79(54,80)14)42-67(63)84-65-29-23-25-52-51-24-17-18-26-55(51)81(16,71(52)65)70-48(2)41-69(83)72(82)73(70)84/h17-20,23-29,31-33,35,40-46,54H,21-22,30,34,36-39H2,1-16H3. The number of hydrogen-bond acceptors (Lipinski definition) is 2. The van der Waals surface area contributed by atoms with Gasteiger partial charge in [-0.1, -0.05) is 206 Å². The average Bonchev–Trinajstić information content (AvgIpc) is 1.14. The van der Waals surface area contributed by atoms with Gasteiger partial charge in [-0.05, 0) is 234 Å². The second-order valence-corrected chi connectivity index (χ2v) is 32.0. The number of nitrogens with zero attached hydrogens (tertiary/aromatic N) is 2. The third-order valence-corrected chi connectivity index (χ3v) is 25.0. The SMILES string of the molecule is Cc1cc2c(cc1N1c3cc4c(cc3B3c5ccc(CCC6c7ccc(C(C)(C)C)cc7C7(C)CCCCC67C)cc5N5c6cccc7c6C(C)(c6ccccc6-7)c6c(C)cc1c3c65)C(C)(C)c1ccccc1C4(C)C)C(C)(C)CCC2(C)C. The van der Waals surface area contributed by atoms with Crippen molar-refractivity contribution in [2.24, 2.45) is 5.41 Å². The number of rotatable bonds is 4. The summed E-state index contributed by atoms with van der Waals surface area (Å²) in [7, 11) is 0. The van der Waals surface area contributed by atoms with E-state index in [0.29, 0.717) is 5.92 Å². The molecule has 5 aliphatic carbocycles. The molecule has 0 amide bonds. The van der Waals surface area contributed by atoms with Crippen LogP contribution in [0.3, 0.4) is 0 Å². The van der Waals surface area contributed by atoms with E-state index in [1.807, 2.05) is 0 Å². The van der Waals surface area contributed by atoms with Gasteiger partial charge in [-0.15, -0.1) is 0 Å². The Labute approximate surface area is 503 Å². The highest BCUT2D eigenvalue weighted by molar-refractivity contribution is 7.00. The van der Waals surface area contributed by atoms with Crippen molar-refractivity contribution in [3.63, 3.8) is 0 Å². The van der Waals surface area contributed by atoms with Crippen molar-refractivity contribution in [2.45, 2.75) is 206 Å². The van der Waals surface area contributed by atoms with E-state index in [1.54, 1.807) is 11.1 Å². The van der Waals surface area contributed by atoms with Crippen LogP contribution in [-0.2, 0) is 44.3 Å². The summed E-state index contributed by atoms with van der Waals surface area (Å²) in [5, 5.41) is 0. The van der Waals surface area contributed by atoms with E-state index >= 15 is 0 Å². The van der Waals surface area contributed by atoms with E-state index in [1.165, 1.54) is 172 Å². The molecule has 0 bridgehead atoms. The van der Waals surface area contributed by atoms with Crippen molar-refractivity contribution in [1.82, 2.24) is 0 Å². The molecule has 8 aliphatic rings. The van der Waals surface area contributed by atoms with Crippen LogP contribution in [0.1, 0.15) is 231 Å². The summed E-state index contributed by atoms with van der Waals surface area (Å²) in [5.74, 6) is 0.510. The third-order valence-electron chi connectivity index (χ3n) is 25.0. The highest BCUT2D eigenvalue weighted by Crippen LogP contribution is 2.68. The molecule has 4 unspecified atom stereocenters. The second-order valence-electron chi connectivity index (χ2n) is 32.0. The van der Waals surface area contributed by atoms with Gasteiger partial charge in [0.1, 0.15) is 0 Å². The number of anilines is 6. The molecule has 2 nitrogen and oxygen atoms in total. The fraction of sp³-hybridized carbons (Fsp3) is 0.407. The van der Waals surface area contributed by atoms with Gasteiger partial charge in [0.2, 0.25) is 0 Å². The van der Waals surface area contributed by atoms with E-state index in [9.17, 15) is 0 Å². The van der Waals surface area contributed by atoms with Crippen LogP contribution in [-0.4, -0.2) is 6.71 Å². The predicted octanol–water partition coefficient (Wildman–Crippen LogP) is 19.2. The average molecular weight is 1100 g/mol. The summed E-state index contributed by atoms with van der Waals surface area (Å²) in [4.78, 5) is 5.61. The molecule has 1 fully saturated rings. The van der Waals surface area contributed by atoms with Gasteiger partial charge in [-0.2, -0.15) is 0 Å². The Morgan fingerprint density at radius 3 is 1.82 bits per heavy atom. The molecule has 3 heterocycles. The Morgan fingerprint density at radius 2 is 1.11 bits per heavy atom. The van der Waals surface area contributed by atoms with E-state index in [2.05, 4.69) is 254 Å². The molecule has 424 valence electrons. The van der Waals surface area contributed by atoms with Crippen LogP contribution in [0.15, 0.2) is 133 Å². The fourth-order valence-electron chi connectivity index (χ4n) is 19.9. The van der Waals surface area contributed by atoms with Gasteiger partial charge in [0, 0.05) is 44.7 Å². The molecular weight excluding hydrogens is 1010 g/mol. The molecule has 84 heavy (non-hydrogen) atoms. The highest BCUT2D eigenvalue weighted by Gasteiger charge is 2.59. The third kappa shape index (κ3) is 6.51. The molecule has 0 N–H and O–H groups in total. The smallest absolute Gasteiger partial charge is 0.252 e. The first-order valence-corrected chi connectivity index (χ1v) is 32.5. The lowest BCUT2D eigenvalue weighted by Crippen LogP contribution is -2.63. The van der Waals surface area contributed by atoms with Crippen molar-refractivity contribution in [3.8, 4) is 11.1 Å². The molecule has 3 aliphatic heterocycles. The van der Waals surface area contributed by atoms with Crippen molar-refractivity contribution in [3.05, 3.63) is 217 Å². The van der Waals surface area contributed by atoms with Gasteiger partial charge in [0.25, 0.3) is 6.71 Å². The van der Waals surface area contributed by atoms with Crippen molar-refractivity contribution < 1.29 is 0 Å². The maximum Gasteiger partial charge on any atom is 0.252 e. The normalized spacial score (nSPS) is 24.8. The molecule has 3 heteroatoms. The zero-order valence-corrected chi connectivity index (χ0v) is 53.4. The Bertz CT molecular complexity index is 4250. The first kappa shape index (κ1) is 52.9. The first-order valence-electron chi connectivity index (χ1n) is 32.5. The number of aryl methyl sites for hydroxylation is 3. The summed E-state index contributed by atoms with van der Waals surface area (Å²) >= 11 is 0. The highest BCUT2D eigenvalue weighted by atomic mass is 15.2. The van der Waals surface area contributed by atoms with Crippen molar-refractivity contribution in [1.29, 1.82) is 0 Å². The fourth-order valence-corrected chi connectivity index (χ4v) is 19.9. The van der Waals surface area contributed by atoms with E-state index in [0.717, 1.165) is 12.8 Å². The molecule has 0 saturated heterocycles. The first-order chi connectivity index (χ1) is 39.7. The Morgan fingerprint density at radius 1 is 0.476 bits per heavy atom. The van der Waals surface area contributed by atoms with E-state index in [-0.39, 0.29) is 50.0 Å². The van der Waals surface area contributed by atoms with Crippen LogP contribution in [0, 0.1) is 19.3 Å². The minimum atomic E-state index is -0.355. The van der Waals surface area contributed by atoms with Gasteiger partial charge >= 0.3 is 0 Å². The summed E-state index contributed by atoms with van der Waals surface area (Å²) in [6, 6.07) is 55.0. The van der Waals surface area contributed by atoms with Gasteiger partial charge in [-0.3, -0.25) is 0 Å². The second kappa shape index (κ2) is 16.7. The van der Waals surface area contributed by atoms with E-state index < -0.39 is 0 Å². The molecule has 4 atom stereocenters. The number of hydrogen-bond donors (Lipinski definition) is 0. The molecule has 0 aromatic heterocycles. The summed E-state index contributed by atoms with van der Waals surface area (Å²) in [6.45, 7) is 39.9. The van der Waals surface area contributed by atoms with Crippen LogP contribution >= 0.6 is 0 Å². The minimum Gasteiger partial charge on any atom is -0.311 e. The zero-order valence-electron chi connectivity index (χ0n) is 53.4. The molecular formula is C81H87BN2. The monoisotopic (exact) mass is 1100 g/mol. The van der Waals surface area contributed by atoms with Crippen LogP contribution < -0.4 is 26.2 Å². The van der Waals surface area contributed by atoms with Crippen LogP contribution in [0.5, 0.6) is 0 Å². The Balaban J connectivity index is 0.964. The van der Waals surface area contributed by atoms with Crippen LogP contribution in [0.4, 0.5) is 34.1 Å². The summed E-state index contributed by atoms with van der Waals surface area (Å²) in [5.41, 5.74) is 37.1. The van der Waals surface area contributed by atoms with Crippen LogP contribution in [0.2, 0.25) is 0 Å².